The average Bonchev–Trinajstić information content (AvgIpc) is 3.29. The number of halogens is 1. The molecule has 0 atom stereocenters. The van der Waals surface area contributed by atoms with Crippen LogP contribution in [0.25, 0.3) is 0 Å². The van der Waals surface area contributed by atoms with Gasteiger partial charge in [-0.2, -0.15) is 0 Å². The van der Waals surface area contributed by atoms with E-state index in [9.17, 15) is 4.79 Å². The Morgan fingerprint density at radius 3 is 2.13 bits per heavy atom. The van der Waals surface area contributed by atoms with Gasteiger partial charge in [0.2, 0.25) is 0 Å². The Morgan fingerprint density at radius 1 is 0.867 bits per heavy atom. The van der Waals surface area contributed by atoms with E-state index < -0.39 is 0 Å². The van der Waals surface area contributed by atoms with Crippen LogP contribution in [-0.2, 0) is 6.54 Å². The molecule has 0 N–H and O–H groups in total. The number of nitrogens with zero attached hydrogens (tertiary/aromatic N) is 2. The van der Waals surface area contributed by atoms with Crippen molar-refractivity contribution >= 4 is 46.5 Å². The van der Waals surface area contributed by atoms with Crippen LogP contribution in [0.4, 0.5) is 21.9 Å². The van der Waals surface area contributed by atoms with Gasteiger partial charge in [0.15, 0.2) is 0 Å². The Morgan fingerprint density at radius 2 is 1.50 bits per heavy atom. The van der Waals surface area contributed by atoms with Crippen molar-refractivity contribution in [2.45, 2.75) is 16.3 Å². The van der Waals surface area contributed by atoms with E-state index in [4.69, 9.17) is 16.0 Å². The number of fused-ring (bicyclic) bond motifs is 2. The summed E-state index contributed by atoms with van der Waals surface area (Å²) < 4.78 is 5.54. The lowest BCUT2D eigenvalue weighted by Crippen LogP contribution is -2.41. The van der Waals surface area contributed by atoms with Crippen LogP contribution in [0.5, 0.6) is 0 Å². The summed E-state index contributed by atoms with van der Waals surface area (Å²) >= 11 is 8.16. The molecule has 0 aliphatic carbocycles. The van der Waals surface area contributed by atoms with Crippen LogP contribution < -0.4 is 9.80 Å². The van der Waals surface area contributed by atoms with E-state index in [0.29, 0.717) is 16.5 Å². The predicted molar refractivity (Wildman–Crippen MR) is 121 cm³/mol. The molecule has 1 aliphatic heterocycles. The van der Waals surface area contributed by atoms with Crippen molar-refractivity contribution in [1.29, 1.82) is 0 Å². The Kier molecular flexibility index (Phi) is 4.99. The number of benzene rings is 3. The molecule has 0 fully saturated rings. The van der Waals surface area contributed by atoms with E-state index >= 15 is 0 Å². The van der Waals surface area contributed by atoms with Crippen LogP contribution in [0.1, 0.15) is 5.76 Å². The van der Waals surface area contributed by atoms with Gasteiger partial charge < -0.3 is 4.42 Å². The molecule has 3 aromatic carbocycles. The molecular weight excluding hydrogens is 416 g/mol. The van der Waals surface area contributed by atoms with Crippen LogP contribution >= 0.6 is 23.4 Å². The summed E-state index contributed by atoms with van der Waals surface area (Å²) in [5.74, 6) is 0.677. The first-order chi connectivity index (χ1) is 14.7. The third-order valence-corrected chi connectivity index (χ3v) is 6.34. The monoisotopic (exact) mass is 432 g/mol. The number of para-hydroxylation sites is 3. The standard InChI is InChI=1S/C24H17ClN2O2S/c25-18-9-1-2-10-19(18)26(16-17-8-7-15-29-17)24(28)27-20-11-3-5-13-22(20)30-23-14-6-4-12-21(23)27/h1-15H,16H2. The van der Waals surface area contributed by atoms with Crippen molar-refractivity contribution < 1.29 is 9.21 Å². The third-order valence-electron chi connectivity index (χ3n) is 4.89. The highest BCUT2D eigenvalue weighted by Gasteiger charge is 2.32. The zero-order valence-electron chi connectivity index (χ0n) is 15.9. The summed E-state index contributed by atoms with van der Waals surface area (Å²) in [4.78, 5) is 19.5. The van der Waals surface area contributed by atoms with Gasteiger partial charge in [-0.3, -0.25) is 9.80 Å². The van der Waals surface area contributed by atoms with Gasteiger partial charge in [0.1, 0.15) is 5.76 Å². The lowest BCUT2D eigenvalue weighted by atomic mass is 10.2. The van der Waals surface area contributed by atoms with Gasteiger partial charge in [-0.1, -0.05) is 59.8 Å². The summed E-state index contributed by atoms with van der Waals surface area (Å²) in [6.45, 7) is 0.267. The lowest BCUT2D eigenvalue weighted by molar-refractivity contribution is 0.252. The average molecular weight is 433 g/mol. The molecule has 4 aromatic rings. The van der Waals surface area contributed by atoms with Crippen molar-refractivity contribution in [3.63, 3.8) is 0 Å². The van der Waals surface area contributed by atoms with E-state index in [-0.39, 0.29) is 12.6 Å². The second-order valence-electron chi connectivity index (χ2n) is 6.77. The van der Waals surface area contributed by atoms with Crippen molar-refractivity contribution in [3.05, 3.63) is 102 Å². The molecule has 1 aromatic heterocycles. The summed E-state index contributed by atoms with van der Waals surface area (Å²) in [6.07, 6.45) is 1.60. The first-order valence-corrected chi connectivity index (χ1v) is 10.7. The Balaban J connectivity index is 1.64. The van der Waals surface area contributed by atoms with Crippen molar-refractivity contribution in [2.75, 3.05) is 9.80 Å². The minimum atomic E-state index is -0.195. The number of carbonyl (C=O) groups excluding carboxylic acids is 1. The van der Waals surface area contributed by atoms with Crippen molar-refractivity contribution in [3.8, 4) is 0 Å². The van der Waals surface area contributed by atoms with E-state index in [0.717, 1.165) is 21.2 Å². The second-order valence-corrected chi connectivity index (χ2v) is 8.26. The second kappa shape index (κ2) is 7.94. The number of carbonyl (C=O) groups is 1. The van der Waals surface area contributed by atoms with Crippen LogP contribution in [0.15, 0.2) is 105 Å². The van der Waals surface area contributed by atoms with Gasteiger partial charge in [0.05, 0.1) is 34.9 Å². The van der Waals surface area contributed by atoms with E-state index in [1.807, 2.05) is 78.9 Å². The first kappa shape index (κ1) is 18.9. The summed E-state index contributed by atoms with van der Waals surface area (Å²) in [5.41, 5.74) is 2.33. The van der Waals surface area contributed by atoms with Gasteiger partial charge in [-0.25, -0.2) is 4.79 Å². The number of anilines is 3. The third kappa shape index (κ3) is 3.36. The highest BCUT2D eigenvalue weighted by molar-refractivity contribution is 7.99. The topological polar surface area (TPSA) is 36.7 Å². The van der Waals surface area contributed by atoms with Crippen molar-refractivity contribution in [2.24, 2.45) is 0 Å². The highest BCUT2D eigenvalue weighted by atomic mass is 35.5. The number of hydrogen-bond donors (Lipinski definition) is 0. The van der Waals surface area contributed by atoms with E-state index in [1.165, 1.54) is 0 Å². The zero-order chi connectivity index (χ0) is 20.5. The minimum absolute atomic E-state index is 0.195. The summed E-state index contributed by atoms with van der Waals surface area (Å²) in [7, 11) is 0. The molecule has 4 nitrogen and oxygen atoms in total. The molecule has 30 heavy (non-hydrogen) atoms. The molecule has 0 radical (unpaired) electrons. The summed E-state index contributed by atoms with van der Waals surface area (Å²) in [5, 5.41) is 0.505. The molecule has 1 aliphatic rings. The number of hydrogen-bond acceptors (Lipinski definition) is 3. The Bertz CT molecular complexity index is 1160. The number of amides is 2. The molecule has 6 heteroatoms. The first-order valence-electron chi connectivity index (χ1n) is 9.47. The molecular formula is C24H17ClN2O2S. The fourth-order valence-corrected chi connectivity index (χ4v) is 4.81. The largest absolute Gasteiger partial charge is 0.467 e. The van der Waals surface area contributed by atoms with Gasteiger partial charge in [0, 0.05) is 9.79 Å². The molecule has 2 heterocycles. The Hall–Kier alpha value is -3.15. The molecule has 0 saturated heterocycles. The quantitative estimate of drug-likeness (QED) is 0.339. The molecule has 0 bridgehead atoms. The normalized spacial score (nSPS) is 12.2. The number of rotatable bonds is 3. The van der Waals surface area contributed by atoms with Gasteiger partial charge >= 0.3 is 6.03 Å². The molecule has 5 rings (SSSR count). The SMILES string of the molecule is O=C(N(Cc1ccco1)c1ccccc1Cl)N1c2ccccc2Sc2ccccc21. The van der Waals surface area contributed by atoms with Crippen LogP contribution in [0, 0.1) is 0 Å². The predicted octanol–water partition coefficient (Wildman–Crippen LogP) is 7.36. The highest BCUT2D eigenvalue weighted by Crippen LogP contribution is 2.48. The maximum Gasteiger partial charge on any atom is 0.334 e. The lowest BCUT2D eigenvalue weighted by Gasteiger charge is -2.35. The van der Waals surface area contributed by atoms with E-state index in [2.05, 4.69) is 0 Å². The molecule has 2 amide bonds. The Labute approximate surface area is 183 Å². The summed E-state index contributed by atoms with van der Waals surface area (Å²) in [6, 6.07) is 26.7. The van der Waals surface area contributed by atoms with E-state index in [1.54, 1.807) is 33.9 Å². The molecule has 0 unspecified atom stereocenters. The van der Waals surface area contributed by atoms with Gasteiger partial charge in [-0.05, 0) is 48.5 Å². The fourth-order valence-electron chi connectivity index (χ4n) is 3.52. The maximum atomic E-state index is 14.0. The maximum absolute atomic E-state index is 14.0. The van der Waals surface area contributed by atoms with Crippen molar-refractivity contribution in [1.82, 2.24) is 0 Å². The van der Waals surface area contributed by atoms with Crippen LogP contribution in [0.2, 0.25) is 5.02 Å². The zero-order valence-corrected chi connectivity index (χ0v) is 17.4. The number of furan rings is 1. The van der Waals surface area contributed by atoms with Crippen LogP contribution in [0.3, 0.4) is 0 Å². The van der Waals surface area contributed by atoms with Crippen LogP contribution in [-0.4, -0.2) is 6.03 Å². The molecule has 0 spiro atoms. The van der Waals surface area contributed by atoms with Gasteiger partial charge in [0.25, 0.3) is 0 Å². The van der Waals surface area contributed by atoms with Gasteiger partial charge in [-0.15, -0.1) is 0 Å². The smallest absolute Gasteiger partial charge is 0.334 e. The number of urea groups is 1. The fraction of sp³-hybridized carbons (Fsp3) is 0.0417. The minimum Gasteiger partial charge on any atom is -0.467 e. The molecule has 0 saturated carbocycles. The molecule has 148 valence electrons.